The van der Waals surface area contributed by atoms with Crippen molar-refractivity contribution in [3.63, 3.8) is 0 Å². The third-order valence-electron chi connectivity index (χ3n) is 4.04. The van der Waals surface area contributed by atoms with Gasteiger partial charge in [0.25, 0.3) is 0 Å². The Morgan fingerprint density at radius 3 is 2.53 bits per heavy atom. The number of hydrogen-bond acceptors (Lipinski definition) is 7. The van der Waals surface area contributed by atoms with E-state index in [0.29, 0.717) is 38.6 Å². The lowest BCUT2D eigenvalue weighted by molar-refractivity contribution is -0.138. The third-order valence-corrected chi connectivity index (χ3v) is 5.32. The predicted molar refractivity (Wildman–Crippen MR) is 120 cm³/mol. The summed E-state index contributed by atoms with van der Waals surface area (Å²) in [4.78, 5) is 17.3. The van der Waals surface area contributed by atoms with E-state index >= 15 is 0 Å². The fourth-order valence-corrected chi connectivity index (χ4v) is 3.85. The Balaban J connectivity index is 2.05. The lowest BCUT2D eigenvalue weighted by Gasteiger charge is -2.08. The molecule has 156 valence electrons. The molecule has 2 N–H and O–H groups in total. The number of thioether (sulfide) groups is 1. The van der Waals surface area contributed by atoms with Crippen molar-refractivity contribution in [3.8, 4) is 11.5 Å². The van der Waals surface area contributed by atoms with Crippen molar-refractivity contribution in [1.29, 1.82) is 0 Å². The molecule has 0 unspecified atom stereocenters. The largest absolute Gasteiger partial charge is 0.506 e. The summed E-state index contributed by atoms with van der Waals surface area (Å²) in [5.74, 6) is -0.654. The molecule has 0 bridgehead atoms. The minimum absolute atomic E-state index is 0.0245. The lowest BCUT2D eigenvalue weighted by atomic mass is 10.1. The summed E-state index contributed by atoms with van der Waals surface area (Å²) in [6, 6.07) is 11.8. The molecule has 30 heavy (non-hydrogen) atoms. The van der Waals surface area contributed by atoms with E-state index in [1.165, 1.54) is 0 Å². The molecular weight excluding hydrogens is 426 g/mol. The first-order chi connectivity index (χ1) is 14.4. The van der Waals surface area contributed by atoms with E-state index < -0.39 is 5.97 Å². The first-order valence-corrected chi connectivity index (χ1v) is 10.4. The van der Waals surface area contributed by atoms with Crippen LogP contribution in [0.15, 0.2) is 63.7 Å². The van der Waals surface area contributed by atoms with Crippen LogP contribution in [0.1, 0.15) is 19.4 Å². The number of aliphatic imine (C=N–C) groups is 1. The number of nitrogens with zero attached hydrogens (tertiary/aromatic N) is 1. The van der Waals surface area contributed by atoms with Gasteiger partial charge in [-0.05, 0) is 50.3 Å². The summed E-state index contributed by atoms with van der Waals surface area (Å²) in [7, 11) is 0. The van der Waals surface area contributed by atoms with E-state index in [1.807, 2.05) is 6.92 Å². The smallest absolute Gasteiger partial charge is 0.344 e. The van der Waals surface area contributed by atoms with Crippen LogP contribution in [0.4, 0.5) is 5.69 Å². The summed E-state index contributed by atoms with van der Waals surface area (Å²) in [6.45, 7) is 4.06. The molecular formula is C22H20ClNO5S. The van der Waals surface area contributed by atoms with Gasteiger partial charge in [0.1, 0.15) is 16.4 Å². The van der Waals surface area contributed by atoms with Crippen LogP contribution in [-0.2, 0) is 9.53 Å². The van der Waals surface area contributed by atoms with Crippen molar-refractivity contribution in [2.24, 2.45) is 4.99 Å². The maximum atomic E-state index is 12.5. The lowest BCUT2D eigenvalue weighted by Crippen LogP contribution is -2.12. The molecule has 0 atom stereocenters. The highest BCUT2D eigenvalue weighted by Gasteiger charge is 2.33. The van der Waals surface area contributed by atoms with E-state index in [9.17, 15) is 15.0 Å². The van der Waals surface area contributed by atoms with Gasteiger partial charge in [0.05, 0.1) is 23.8 Å². The molecule has 1 aliphatic rings. The number of carbonyl (C=O) groups is 1. The molecule has 2 aromatic rings. The van der Waals surface area contributed by atoms with Crippen LogP contribution in [-0.4, -0.2) is 34.4 Å². The van der Waals surface area contributed by atoms with Crippen molar-refractivity contribution in [1.82, 2.24) is 0 Å². The second-order valence-corrected chi connectivity index (χ2v) is 7.54. The third kappa shape index (κ3) is 4.80. The molecule has 0 fully saturated rings. The van der Waals surface area contributed by atoms with Crippen molar-refractivity contribution in [2.45, 2.75) is 13.8 Å². The number of ether oxygens (including phenoxy) is 2. The van der Waals surface area contributed by atoms with Gasteiger partial charge in [-0.3, -0.25) is 0 Å². The zero-order valence-corrected chi connectivity index (χ0v) is 18.0. The fourth-order valence-electron chi connectivity index (χ4n) is 2.69. The van der Waals surface area contributed by atoms with Crippen LogP contribution in [0.5, 0.6) is 11.5 Å². The molecule has 0 spiro atoms. The minimum atomic E-state index is -0.675. The molecule has 0 aliphatic carbocycles. The molecule has 1 aliphatic heterocycles. The van der Waals surface area contributed by atoms with Gasteiger partial charge in [-0.2, -0.15) is 0 Å². The summed E-state index contributed by atoms with van der Waals surface area (Å²) in [6.07, 6.45) is 1.57. The number of phenolic OH excluding ortho intramolecular Hbond substituents is 1. The molecule has 0 radical (unpaired) electrons. The molecule has 8 heteroatoms. The Kier molecular flexibility index (Phi) is 7.07. The van der Waals surface area contributed by atoms with E-state index in [2.05, 4.69) is 4.99 Å². The Morgan fingerprint density at radius 2 is 1.87 bits per heavy atom. The van der Waals surface area contributed by atoms with Crippen molar-refractivity contribution in [3.05, 3.63) is 69.3 Å². The van der Waals surface area contributed by atoms with Crippen molar-refractivity contribution in [2.75, 3.05) is 13.2 Å². The van der Waals surface area contributed by atoms with E-state index in [0.717, 1.165) is 11.8 Å². The number of benzene rings is 2. The standard InChI is InChI=1S/C22H20ClNO5S/c1-3-28-16-7-5-6-13(19(16)25)12-17-20(26)18(22(27)29-4-2)21(30-17)24-15-10-8-14(23)9-11-15/h5-12,25-26H,3-4H2,1-2H3. The Bertz CT molecular complexity index is 1040. The number of halogens is 1. The molecule has 0 saturated heterocycles. The van der Waals surface area contributed by atoms with Crippen LogP contribution in [0, 0.1) is 0 Å². The number of phenols is 1. The number of hydrogen-bond donors (Lipinski definition) is 2. The summed E-state index contributed by atoms with van der Waals surface area (Å²) < 4.78 is 10.5. The summed E-state index contributed by atoms with van der Waals surface area (Å²) in [5, 5.41) is 22.0. The number of aliphatic hydroxyl groups is 1. The minimum Gasteiger partial charge on any atom is -0.506 e. The second kappa shape index (κ2) is 9.73. The monoisotopic (exact) mass is 445 g/mol. The van der Waals surface area contributed by atoms with Crippen molar-refractivity contribution < 1.29 is 24.5 Å². The van der Waals surface area contributed by atoms with Gasteiger partial charge >= 0.3 is 5.97 Å². The summed E-state index contributed by atoms with van der Waals surface area (Å²) in [5.41, 5.74) is 0.980. The second-order valence-electron chi connectivity index (χ2n) is 6.08. The zero-order chi connectivity index (χ0) is 21.7. The number of carbonyl (C=O) groups excluding carboxylic acids is 1. The van der Waals surface area contributed by atoms with Gasteiger partial charge in [0.15, 0.2) is 11.5 Å². The van der Waals surface area contributed by atoms with Crippen LogP contribution >= 0.6 is 23.4 Å². The highest BCUT2D eigenvalue weighted by Crippen LogP contribution is 2.42. The normalized spacial score (nSPS) is 16.4. The van der Waals surface area contributed by atoms with Crippen LogP contribution in [0.25, 0.3) is 6.08 Å². The average molecular weight is 446 g/mol. The van der Waals surface area contributed by atoms with Crippen LogP contribution in [0.2, 0.25) is 5.02 Å². The Hall–Kier alpha value is -2.90. The van der Waals surface area contributed by atoms with Gasteiger partial charge in [-0.15, -0.1) is 0 Å². The molecule has 6 nitrogen and oxygen atoms in total. The van der Waals surface area contributed by atoms with Crippen LogP contribution in [0.3, 0.4) is 0 Å². The number of para-hydroxylation sites is 1. The fraction of sp³-hybridized carbons (Fsp3) is 0.182. The Labute approximate surface area is 183 Å². The molecule has 0 aromatic heterocycles. The van der Waals surface area contributed by atoms with Gasteiger partial charge < -0.3 is 19.7 Å². The first kappa shape index (κ1) is 21.8. The number of aromatic hydroxyl groups is 1. The van der Waals surface area contributed by atoms with Gasteiger partial charge in [0, 0.05) is 10.6 Å². The Morgan fingerprint density at radius 1 is 1.13 bits per heavy atom. The van der Waals surface area contributed by atoms with E-state index in [4.69, 9.17) is 21.1 Å². The number of esters is 1. The average Bonchev–Trinajstić information content (AvgIpc) is 3.02. The highest BCUT2D eigenvalue weighted by molar-refractivity contribution is 8.18. The van der Waals surface area contributed by atoms with E-state index in [1.54, 1.807) is 55.5 Å². The molecule has 3 rings (SSSR count). The van der Waals surface area contributed by atoms with Gasteiger partial charge in [-0.1, -0.05) is 35.5 Å². The van der Waals surface area contributed by atoms with Crippen molar-refractivity contribution >= 4 is 46.1 Å². The maximum absolute atomic E-state index is 12.5. The first-order valence-electron chi connectivity index (χ1n) is 9.24. The quantitative estimate of drug-likeness (QED) is 0.559. The molecule has 0 amide bonds. The van der Waals surface area contributed by atoms with Gasteiger partial charge in [0.2, 0.25) is 0 Å². The van der Waals surface area contributed by atoms with Gasteiger partial charge in [-0.25, -0.2) is 9.79 Å². The molecule has 2 aromatic carbocycles. The summed E-state index contributed by atoms with van der Waals surface area (Å²) >= 11 is 7.02. The zero-order valence-electron chi connectivity index (χ0n) is 16.4. The number of aliphatic hydroxyl groups excluding tert-OH is 1. The maximum Gasteiger partial charge on any atom is 0.344 e. The number of rotatable bonds is 6. The SMILES string of the molecule is CCOC(=O)C1=C(O)C(=Cc2cccc(OCC)c2O)SC1=Nc1ccc(Cl)cc1. The highest BCUT2D eigenvalue weighted by atomic mass is 35.5. The van der Waals surface area contributed by atoms with Crippen LogP contribution < -0.4 is 4.74 Å². The molecule has 0 saturated carbocycles. The molecule has 1 heterocycles. The van der Waals surface area contributed by atoms with E-state index in [-0.39, 0.29) is 23.7 Å². The predicted octanol–water partition coefficient (Wildman–Crippen LogP) is 5.64. The topological polar surface area (TPSA) is 88.4 Å².